The van der Waals surface area contributed by atoms with Crippen molar-refractivity contribution in [1.82, 2.24) is 10.6 Å². The van der Waals surface area contributed by atoms with Crippen LogP contribution in [-0.4, -0.2) is 56.3 Å². The van der Waals surface area contributed by atoms with Crippen LogP contribution >= 0.6 is 0 Å². The van der Waals surface area contributed by atoms with E-state index in [0.29, 0.717) is 0 Å². The van der Waals surface area contributed by atoms with Crippen LogP contribution in [0, 0.1) is 0 Å². The molecule has 0 radical (unpaired) electrons. The summed E-state index contributed by atoms with van der Waals surface area (Å²) in [4.78, 5) is 0. The molecule has 0 aromatic rings. The van der Waals surface area contributed by atoms with Crippen LogP contribution < -0.4 is 10.6 Å². The van der Waals surface area contributed by atoms with Crippen LogP contribution in [0.5, 0.6) is 0 Å². The summed E-state index contributed by atoms with van der Waals surface area (Å²) in [7, 11) is 2.63. The van der Waals surface area contributed by atoms with Gasteiger partial charge in [0.25, 0.3) is 0 Å². The normalized spacial score (nSPS) is 12.0. The number of hydrogen-bond donors (Lipinski definition) is 2. The lowest BCUT2D eigenvalue weighted by Gasteiger charge is -2.24. The second kappa shape index (κ2) is 19.8. The lowest BCUT2D eigenvalue weighted by molar-refractivity contribution is 0.123. The van der Waals surface area contributed by atoms with Gasteiger partial charge in [0, 0.05) is 40.5 Å². The first-order valence-electron chi connectivity index (χ1n) is 10.8. The first-order chi connectivity index (χ1) is 12.7. The summed E-state index contributed by atoms with van der Waals surface area (Å²) in [5, 5.41) is 6.99. The summed E-state index contributed by atoms with van der Waals surface area (Å²) in [5.74, 6) is 0. The predicted octanol–water partition coefficient (Wildman–Crippen LogP) is 4.35. The van der Waals surface area contributed by atoms with Gasteiger partial charge in [-0.25, -0.2) is 0 Å². The molecule has 0 aliphatic rings. The van der Waals surface area contributed by atoms with Crippen molar-refractivity contribution in [2.45, 2.75) is 83.6 Å². The van der Waals surface area contributed by atoms with Gasteiger partial charge in [-0.1, -0.05) is 64.7 Å². The van der Waals surface area contributed by atoms with Gasteiger partial charge in [0.15, 0.2) is 0 Å². The summed E-state index contributed by atoms with van der Waals surface area (Å²) < 4.78 is 16.3. The summed E-state index contributed by atoms with van der Waals surface area (Å²) in [6.07, 6.45) is 15.0. The molecule has 0 heterocycles. The van der Waals surface area contributed by atoms with E-state index in [-0.39, 0.29) is 0 Å². The zero-order chi connectivity index (χ0) is 19.3. The molecule has 0 aromatic heterocycles. The standard InChI is InChI=1S/C20H46N2O3Si/c1-5-6-7-8-9-10-11-12-13-14-16-21-18-19-22-17-15-20-26(23-2,24-3)25-4/h21-22H,5-20H2,1-4H3. The number of hydrogen-bond acceptors (Lipinski definition) is 5. The fourth-order valence-electron chi connectivity index (χ4n) is 3.15. The van der Waals surface area contributed by atoms with E-state index < -0.39 is 8.80 Å². The molecular formula is C20H46N2O3Si. The third-order valence-electron chi connectivity index (χ3n) is 4.96. The predicted molar refractivity (Wildman–Crippen MR) is 114 cm³/mol. The lowest BCUT2D eigenvalue weighted by atomic mass is 10.1. The minimum absolute atomic E-state index is 0.857. The molecular weight excluding hydrogens is 344 g/mol. The van der Waals surface area contributed by atoms with Crippen LogP contribution in [-0.2, 0) is 13.3 Å². The van der Waals surface area contributed by atoms with Gasteiger partial charge in [-0.3, -0.25) is 0 Å². The molecule has 26 heavy (non-hydrogen) atoms. The van der Waals surface area contributed by atoms with Crippen molar-refractivity contribution < 1.29 is 13.3 Å². The molecule has 2 N–H and O–H groups in total. The van der Waals surface area contributed by atoms with Crippen molar-refractivity contribution in [3.8, 4) is 0 Å². The molecule has 0 unspecified atom stereocenters. The Balaban J connectivity index is 3.20. The third kappa shape index (κ3) is 15.1. The van der Waals surface area contributed by atoms with Crippen LogP contribution in [0.4, 0.5) is 0 Å². The fraction of sp³-hybridized carbons (Fsp3) is 1.00. The second-order valence-corrected chi connectivity index (χ2v) is 10.2. The highest BCUT2D eigenvalue weighted by Gasteiger charge is 2.36. The van der Waals surface area contributed by atoms with Crippen molar-refractivity contribution >= 4 is 8.80 Å². The zero-order valence-corrected chi connectivity index (χ0v) is 19.0. The van der Waals surface area contributed by atoms with Gasteiger partial charge in [0.2, 0.25) is 0 Å². The molecule has 0 aliphatic carbocycles. The van der Waals surface area contributed by atoms with Gasteiger partial charge >= 0.3 is 8.80 Å². The highest BCUT2D eigenvalue weighted by molar-refractivity contribution is 6.60. The fourth-order valence-corrected chi connectivity index (χ4v) is 4.87. The molecule has 0 bridgehead atoms. The number of unbranched alkanes of at least 4 members (excludes halogenated alkanes) is 9. The third-order valence-corrected chi connectivity index (χ3v) is 7.79. The monoisotopic (exact) mass is 390 g/mol. The van der Waals surface area contributed by atoms with E-state index in [9.17, 15) is 0 Å². The van der Waals surface area contributed by atoms with E-state index in [2.05, 4.69) is 17.6 Å². The molecule has 0 saturated carbocycles. The number of nitrogens with one attached hydrogen (secondary N) is 2. The molecule has 158 valence electrons. The molecule has 0 rings (SSSR count). The molecule has 6 heteroatoms. The van der Waals surface area contributed by atoms with Crippen molar-refractivity contribution in [3.05, 3.63) is 0 Å². The quantitative estimate of drug-likeness (QED) is 0.225. The number of rotatable bonds is 21. The van der Waals surface area contributed by atoms with Crippen molar-refractivity contribution in [3.63, 3.8) is 0 Å². The van der Waals surface area contributed by atoms with Crippen molar-refractivity contribution in [2.75, 3.05) is 47.5 Å². The molecule has 0 saturated heterocycles. The zero-order valence-electron chi connectivity index (χ0n) is 18.0. The minimum atomic E-state index is -2.38. The Bertz CT molecular complexity index is 272. The summed E-state index contributed by atoms with van der Waals surface area (Å²) in [6.45, 7) is 6.45. The van der Waals surface area contributed by atoms with Crippen molar-refractivity contribution in [2.24, 2.45) is 0 Å². The first kappa shape index (κ1) is 26.0. The van der Waals surface area contributed by atoms with E-state index in [1.807, 2.05) is 0 Å². The highest BCUT2D eigenvalue weighted by Crippen LogP contribution is 2.14. The maximum absolute atomic E-state index is 5.42. The lowest BCUT2D eigenvalue weighted by Crippen LogP contribution is -2.43. The smallest absolute Gasteiger partial charge is 0.377 e. The largest absolute Gasteiger partial charge is 0.500 e. The van der Waals surface area contributed by atoms with Gasteiger partial charge in [-0.05, 0) is 25.9 Å². The summed E-state index contributed by atoms with van der Waals surface area (Å²) in [6, 6.07) is 0.857. The minimum Gasteiger partial charge on any atom is -0.377 e. The SMILES string of the molecule is CCCCCCCCCCCCNCCNCCC[Si](OC)(OC)OC. The Morgan fingerprint density at radius 3 is 1.42 bits per heavy atom. The van der Waals surface area contributed by atoms with E-state index >= 15 is 0 Å². The molecule has 5 nitrogen and oxygen atoms in total. The van der Waals surface area contributed by atoms with Crippen LogP contribution in [0.15, 0.2) is 0 Å². The van der Waals surface area contributed by atoms with E-state index in [1.165, 1.54) is 64.2 Å². The average Bonchev–Trinajstić information content (AvgIpc) is 2.68. The average molecular weight is 391 g/mol. The van der Waals surface area contributed by atoms with Crippen LogP contribution in [0.2, 0.25) is 6.04 Å². The summed E-state index contributed by atoms with van der Waals surface area (Å²) in [5.41, 5.74) is 0. The van der Waals surface area contributed by atoms with E-state index in [0.717, 1.165) is 38.6 Å². The molecule has 0 aliphatic heterocycles. The maximum Gasteiger partial charge on any atom is 0.500 e. The Morgan fingerprint density at radius 2 is 0.962 bits per heavy atom. The molecule has 0 fully saturated rings. The molecule has 0 amide bonds. The van der Waals surface area contributed by atoms with E-state index in [4.69, 9.17) is 13.3 Å². The topological polar surface area (TPSA) is 51.8 Å². The van der Waals surface area contributed by atoms with Crippen LogP contribution in [0.1, 0.15) is 77.6 Å². The molecule has 0 atom stereocenters. The van der Waals surface area contributed by atoms with Gasteiger partial charge < -0.3 is 23.9 Å². The Labute approximate surface area is 164 Å². The second-order valence-electron chi connectivity index (χ2n) is 7.08. The van der Waals surface area contributed by atoms with Crippen LogP contribution in [0.3, 0.4) is 0 Å². The Kier molecular flexibility index (Phi) is 19.8. The van der Waals surface area contributed by atoms with Gasteiger partial charge in [-0.15, -0.1) is 0 Å². The van der Waals surface area contributed by atoms with Gasteiger partial charge in [-0.2, -0.15) is 0 Å². The Hall–Kier alpha value is 0.0169. The van der Waals surface area contributed by atoms with Gasteiger partial charge in [0.1, 0.15) is 0 Å². The van der Waals surface area contributed by atoms with E-state index in [1.54, 1.807) is 21.3 Å². The highest BCUT2D eigenvalue weighted by atomic mass is 28.4. The summed E-state index contributed by atoms with van der Waals surface area (Å²) >= 11 is 0. The maximum atomic E-state index is 5.42. The van der Waals surface area contributed by atoms with Crippen molar-refractivity contribution in [1.29, 1.82) is 0 Å². The Morgan fingerprint density at radius 1 is 0.538 bits per heavy atom. The molecule has 0 aromatic carbocycles. The van der Waals surface area contributed by atoms with Gasteiger partial charge in [0.05, 0.1) is 0 Å². The van der Waals surface area contributed by atoms with Crippen LogP contribution in [0.25, 0.3) is 0 Å². The molecule has 0 spiro atoms. The first-order valence-corrected chi connectivity index (χ1v) is 12.7.